The molecule has 0 aromatic heterocycles. The highest BCUT2D eigenvalue weighted by molar-refractivity contribution is 7.99. The highest BCUT2D eigenvalue weighted by atomic mass is 35.5. The van der Waals surface area contributed by atoms with Gasteiger partial charge in [-0.15, -0.1) is 11.8 Å². The predicted molar refractivity (Wildman–Crippen MR) is 75.9 cm³/mol. The molecule has 3 nitrogen and oxygen atoms in total. The van der Waals surface area contributed by atoms with Crippen molar-refractivity contribution in [2.24, 2.45) is 5.73 Å². The zero-order valence-corrected chi connectivity index (χ0v) is 12.1. The van der Waals surface area contributed by atoms with Gasteiger partial charge < -0.3 is 5.73 Å². The number of nitrogens with one attached hydrogen (secondary N) is 1. The molecule has 0 radical (unpaired) electrons. The van der Waals surface area contributed by atoms with Crippen molar-refractivity contribution in [2.75, 3.05) is 5.75 Å². The lowest BCUT2D eigenvalue weighted by Crippen LogP contribution is -2.52. The molecular weight excluding hydrogens is 268 g/mol. The van der Waals surface area contributed by atoms with Gasteiger partial charge in [-0.05, 0) is 49.8 Å². The first-order valence-electron chi connectivity index (χ1n) is 5.90. The fourth-order valence-electron chi connectivity index (χ4n) is 2.02. The highest BCUT2D eigenvalue weighted by Crippen LogP contribution is 2.38. The quantitative estimate of drug-likeness (QED) is 0.897. The largest absolute Gasteiger partial charge is 0.368 e. The third-order valence-electron chi connectivity index (χ3n) is 3.16. The lowest BCUT2D eigenvalue weighted by atomic mass is 9.97. The summed E-state index contributed by atoms with van der Waals surface area (Å²) in [5, 5.41) is 4.05. The summed E-state index contributed by atoms with van der Waals surface area (Å²) < 4.78 is 0. The Labute approximate surface area is 116 Å². The Morgan fingerprint density at radius 2 is 2.28 bits per heavy atom. The topological polar surface area (TPSA) is 55.1 Å². The van der Waals surface area contributed by atoms with E-state index in [4.69, 9.17) is 17.3 Å². The van der Waals surface area contributed by atoms with E-state index < -0.39 is 5.54 Å². The molecule has 0 saturated carbocycles. The summed E-state index contributed by atoms with van der Waals surface area (Å²) in [5.74, 6) is 0.686. The van der Waals surface area contributed by atoms with Crippen LogP contribution in [0.1, 0.15) is 31.9 Å². The van der Waals surface area contributed by atoms with Crippen LogP contribution in [-0.2, 0) is 4.79 Å². The number of amides is 1. The average molecular weight is 285 g/mol. The number of fused-ring (bicyclic) bond motifs is 1. The molecule has 1 aliphatic heterocycles. The van der Waals surface area contributed by atoms with Crippen molar-refractivity contribution in [3.63, 3.8) is 0 Å². The summed E-state index contributed by atoms with van der Waals surface area (Å²) in [7, 11) is 0. The monoisotopic (exact) mass is 284 g/mol. The Morgan fingerprint density at radius 1 is 1.56 bits per heavy atom. The fourth-order valence-corrected chi connectivity index (χ4v) is 3.31. The molecule has 98 valence electrons. The van der Waals surface area contributed by atoms with Crippen molar-refractivity contribution >= 4 is 29.3 Å². The SMILES string of the molecule is CC(C)(NC1CCSc2ccc(Cl)cc21)C(N)=O. The van der Waals surface area contributed by atoms with Crippen molar-refractivity contribution < 1.29 is 4.79 Å². The number of halogens is 1. The third kappa shape index (κ3) is 2.82. The molecule has 0 aliphatic carbocycles. The molecule has 0 bridgehead atoms. The van der Waals surface area contributed by atoms with Crippen LogP contribution in [0.15, 0.2) is 23.1 Å². The van der Waals surface area contributed by atoms with E-state index >= 15 is 0 Å². The first kappa shape index (κ1) is 13.7. The summed E-state index contributed by atoms with van der Waals surface area (Å²) in [6.45, 7) is 3.61. The molecule has 18 heavy (non-hydrogen) atoms. The van der Waals surface area contributed by atoms with E-state index in [0.29, 0.717) is 0 Å². The van der Waals surface area contributed by atoms with Crippen LogP contribution in [0.3, 0.4) is 0 Å². The van der Waals surface area contributed by atoms with E-state index in [9.17, 15) is 4.79 Å². The van der Waals surface area contributed by atoms with Crippen LogP contribution in [0, 0.1) is 0 Å². The molecule has 0 spiro atoms. The zero-order valence-electron chi connectivity index (χ0n) is 10.5. The number of primary amides is 1. The first-order valence-corrected chi connectivity index (χ1v) is 7.26. The van der Waals surface area contributed by atoms with Crippen LogP contribution in [0.5, 0.6) is 0 Å². The maximum absolute atomic E-state index is 11.4. The second-order valence-corrected chi connectivity index (χ2v) is 6.58. The smallest absolute Gasteiger partial charge is 0.237 e. The second-order valence-electron chi connectivity index (χ2n) is 5.01. The van der Waals surface area contributed by atoms with E-state index in [2.05, 4.69) is 5.32 Å². The van der Waals surface area contributed by atoms with Crippen LogP contribution in [0.25, 0.3) is 0 Å². The average Bonchev–Trinajstić information content (AvgIpc) is 2.29. The Kier molecular flexibility index (Phi) is 3.90. The zero-order chi connectivity index (χ0) is 13.3. The van der Waals surface area contributed by atoms with E-state index in [1.165, 1.54) is 4.90 Å². The molecule has 1 heterocycles. The number of thioether (sulfide) groups is 1. The summed E-state index contributed by atoms with van der Waals surface area (Å²) in [5.41, 5.74) is 5.85. The van der Waals surface area contributed by atoms with Gasteiger partial charge in [-0.1, -0.05) is 11.6 Å². The molecule has 1 unspecified atom stereocenters. The number of rotatable bonds is 3. The van der Waals surface area contributed by atoms with Crippen molar-refractivity contribution in [1.29, 1.82) is 0 Å². The van der Waals surface area contributed by atoms with Crippen LogP contribution in [-0.4, -0.2) is 17.2 Å². The summed E-state index contributed by atoms with van der Waals surface area (Å²) in [4.78, 5) is 12.6. The molecule has 1 aromatic carbocycles. The first-order chi connectivity index (χ1) is 8.40. The number of hydrogen-bond donors (Lipinski definition) is 2. The Morgan fingerprint density at radius 3 is 2.94 bits per heavy atom. The van der Waals surface area contributed by atoms with Crippen LogP contribution < -0.4 is 11.1 Å². The summed E-state index contributed by atoms with van der Waals surface area (Å²) >= 11 is 7.87. The van der Waals surface area contributed by atoms with Gasteiger partial charge >= 0.3 is 0 Å². The van der Waals surface area contributed by atoms with Gasteiger partial charge in [0.1, 0.15) is 0 Å². The van der Waals surface area contributed by atoms with Gasteiger partial charge in [0.15, 0.2) is 0 Å². The number of nitrogens with two attached hydrogens (primary N) is 1. The molecule has 0 fully saturated rings. The van der Waals surface area contributed by atoms with Gasteiger partial charge in [0.25, 0.3) is 0 Å². The maximum Gasteiger partial charge on any atom is 0.237 e. The van der Waals surface area contributed by atoms with Gasteiger partial charge in [-0.25, -0.2) is 0 Å². The molecule has 1 aliphatic rings. The number of benzene rings is 1. The van der Waals surface area contributed by atoms with E-state index in [0.717, 1.165) is 22.8 Å². The van der Waals surface area contributed by atoms with Crippen LogP contribution in [0.2, 0.25) is 5.02 Å². The third-order valence-corrected chi connectivity index (χ3v) is 4.52. The van der Waals surface area contributed by atoms with Crippen molar-refractivity contribution in [3.05, 3.63) is 28.8 Å². The highest BCUT2D eigenvalue weighted by Gasteiger charge is 2.31. The Hall–Kier alpha value is -0.710. The van der Waals surface area contributed by atoms with Gasteiger partial charge in [0.2, 0.25) is 5.91 Å². The Balaban J connectivity index is 2.27. The normalized spacial score (nSPS) is 19.4. The number of hydrogen-bond acceptors (Lipinski definition) is 3. The summed E-state index contributed by atoms with van der Waals surface area (Å²) in [6.07, 6.45) is 0.967. The number of carbonyl (C=O) groups is 1. The number of carbonyl (C=O) groups excluding carboxylic acids is 1. The molecule has 0 saturated heterocycles. The lowest BCUT2D eigenvalue weighted by molar-refractivity contribution is -0.123. The lowest BCUT2D eigenvalue weighted by Gasteiger charge is -2.33. The van der Waals surface area contributed by atoms with Gasteiger partial charge in [0.05, 0.1) is 5.54 Å². The molecule has 1 aromatic rings. The van der Waals surface area contributed by atoms with Crippen molar-refractivity contribution in [3.8, 4) is 0 Å². The Bertz CT molecular complexity index is 476. The van der Waals surface area contributed by atoms with E-state index in [1.54, 1.807) is 13.8 Å². The molecule has 2 rings (SSSR count). The van der Waals surface area contributed by atoms with Crippen molar-refractivity contribution in [1.82, 2.24) is 5.32 Å². The van der Waals surface area contributed by atoms with Gasteiger partial charge in [0, 0.05) is 16.0 Å². The fraction of sp³-hybridized carbons (Fsp3) is 0.462. The van der Waals surface area contributed by atoms with Crippen LogP contribution >= 0.6 is 23.4 Å². The van der Waals surface area contributed by atoms with Gasteiger partial charge in [-0.2, -0.15) is 0 Å². The minimum absolute atomic E-state index is 0.127. The molecule has 1 amide bonds. The van der Waals surface area contributed by atoms with Crippen LogP contribution in [0.4, 0.5) is 0 Å². The summed E-state index contributed by atoms with van der Waals surface area (Å²) in [6, 6.07) is 6.03. The van der Waals surface area contributed by atoms with E-state index in [-0.39, 0.29) is 11.9 Å². The molecule has 1 atom stereocenters. The second kappa shape index (κ2) is 5.11. The molecule has 3 N–H and O–H groups in total. The predicted octanol–water partition coefficient (Wildman–Crippen LogP) is 2.73. The minimum atomic E-state index is -0.716. The standard InChI is InChI=1S/C13H17ClN2OS/c1-13(2,12(15)17)16-10-5-6-18-11-4-3-8(14)7-9(10)11/h3-4,7,10,16H,5-6H2,1-2H3,(H2,15,17). The molecular formula is C13H17ClN2OS. The van der Waals surface area contributed by atoms with Gasteiger partial charge in [-0.3, -0.25) is 10.1 Å². The van der Waals surface area contributed by atoms with Crippen molar-refractivity contribution in [2.45, 2.75) is 36.7 Å². The minimum Gasteiger partial charge on any atom is -0.368 e. The maximum atomic E-state index is 11.4. The van der Waals surface area contributed by atoms with E-state index in [1.807, 2.05) is 30.0 Å². The molecule has 5 heteroatoms.